The molecule has 17 heavy (non-hydrogen) atoms. The van der Waals surface area contributed by atoms with Gasteiger partial charge in [0.15, 0.2) is 0 Å². The van der Waals surface area contributed by atoms with Crippen LogP contribution in [0.5, 0.6) is 0 Å². The van der Waals surface area contributed by atoms with Crippen molar-refractivity contribution in [3.63, 3.8) is 0 Å². The van der Waals surface area contributed by atoms with Crippen molar-refractivity contribution in [3.05, 3.63) is 47.2 Å². The zero-order chi connectivity index (χ0) is 12.4. The van der Waals surface area contributed by atoms with Gasteiger partial charge in [0.1, 0.15) is 5.76 Å². The average molecular weight is 230 g/mol. The van der Waals surface area contributed by atoms with E-state index in [1.165, 1.54) is 4.68 Å². The summed E-state index contributed by atoms with van der Waals surface area (Å²) < 4.78 is 6.57. The Balaban J connectivity index is 2.29. The summed E-state index contributed by atoms with van der Waals surface area (Å²) >= 11 is 0. The highest BCUT2D eigenvalue weighted by molar-refractivity contribution is 5.98. The SMILES string of the molecule is C/C(=C\c1ccco1)C(=O)n1nc(C)cc1C. The quantitative estimate of drug-likeness (QED) is 0.745. The first-order valence-corrected chi connectivity index (χ1v) is 5.37. The van der Waals surface area contributed by atoms with Crippen LogP contribution in [0.3, 0.4) is 0 Å². The Morgan fingerprint density at radius 3 is 2.76 bits per heavy atom. The number of aryl methyl sites for hydroxylation is 2. The monoisotopic (exact) mass is 230 g/mol. The van der Waals surface area contributed by atoms with Crippen molar-refractivity contribution in [1.29, 1.82) is 0 Å². The van der Waals surface area contributed by atoms with Gasteiger partial charge in [-0.25, -0.2) is 4.68 Å². The van der Waals surface area contributed by atoms with E-state index in [-0.39, 0.29) is 5.91 Å². The number of hydrogen-bond acceptors (Lipinski definition) is 3. The molecule has 2 aromatic rings. The van der Waals surface area contributed by atoms with Gasteiger partial charge in [-0.05, 0) is 45.0 Å². The second kappa shape index (κ2) is 4.41. The van der Waals surface area contributed by atoms with E-state index >= 15 is 0 Å². The van der Waals surface area contributed by atoms with E-state index in [2.05, 4.69) is 5.10 Å². The average Bonchev–Trinajstić information content (AvgIpc) is 2.87. The first-order chi connectivity index (χ1) is 8.08. The smallest absolute Gasteiger partial charge is 0.274 e. The van der Waals surface area contributed by atoms with E-state index in [1.54, 1.807) is 31.4 Å². The Bertz CT molecular complexity index is 562. The van der Waals surface area contributed by atoms with Crippen molar-refractivity contribution in [1.82, 2.24) is 9.78 Å². The van der Waals surface area contributed by atoms with Gasteiger partial charge in [-0.15, -0.1) is 0 Å². The van der Waals surface area contributed by atoms with E-state index in [1.807, 2.05) is 19.9 Å². The Kier molecular flexibility index (Phi) is 2.95. The van der Waals surface area contributed by atoms with Crippen molar-refractivity contribution < 1.29 is 9.21 Å². The second-order valence-electron chi connectivity index (χ2n) is 3.99. The number of rotatable bonds is 2. The number of hydrogen-bond donors (Lipinski definition) is 0. The van der Waals surface area contributed by atoms with Crippen molar-refractivity contribution >= 4 is 12.0 Å². The maximum absolute atomic E-state index is 12.1. The fourth-order valence-corrected chi connectivity index (χ4v) is 1.65. The summed E-state index contributed by atoms with van der Waals surface area (Å²) in [6, 6.07) is 5.46. The summed E-state index contributed by atoms with van der Waals surface area (Å²) in [5.41, 5.74) is 2.26. The Hall–Kier alpha value is -2.10. The standard InChI is InChI=1S/C13H14N2O2/c1-9(7-12-5-4-6-17-12)13(16)15-11(3)8-10(2)14-15/h4-8H,1-3H3/b9-7+. The summed E-state index contributed by atoms with van der Waals surface area (Å²) in [7, 11) is 0. The van der Waals surface area contributed by atoms with Gasteiger partial charge in [0.2, 0.25) is 0 Å². The molecule has 0 saturated heterocycles. The van der Waals surface area contributed by atoms with Crippen LogP contribution in [0.1, 0.15) is 28.9 Å². The first-order valence-electron chi connectivity index (χ1n) is 5.37. The summed E-state index contributed by atoms with van der Waals surface area (Å²) in [6.45, 7) is 5.47. The largest absolute Gasteiger partial charge is 0.465 e. The summed E-state index contributed by atoms with van der Waals surface area (Å²) in [6.07, 6.45) is 3.28. The van der Waals surface area contributed by atoms with Crippen LogP contribution in [-0.4, -0.2) is 15.7 Å². The molecule has 0 bridgehead atoms. The van der Waals surface area contributed by atoms with Crippen molar-refractivity contribution in [3.8, 4) is 0 Å². The number of carbonyl (C=O) groups is 1. The molecular weight excluding hydrogens is 216 g/mol. The van der Waals surface area contributed by atoms with E-state index < -0.39 is 0 Å². The predicted molar refractivity (Wildman–Crippen MR) is 64.7 cm³/mol. The minimum atomic E-state index is -0.132. The van der Waals surface area contributed by atoms with Crippen LogP contribution in [0, 0.1) is 13.8 Å². The van der Waals surface area contributed by atoms with Gasteiger partial charge < -0.3 is 4.42 Å². The third-order valence-corrected chi connectivity index (χ3v) is 2.44. The summed E-state index contributed by atoms with van der Waals surface area (Å²) in [4.78, 5) is 12.1. The molecular formula is C13H14N2O2. The van der Waals surface area contributed by atoms with Gasteiger partial charge in [0.05, 0.1) is 12.0 Å². The van der Waals surface area contributed by atoms with E-state index in [9.17, 15) is 4.79 Å². The van der Waals surface area contributed by atoms with E-state index in [0.29, 0.717) is 11.3 Å². The maximum Gasteiger partial charge on any atom is 0.274 e. The molecule has 2 heterocycles. The van der Waals surface area contributed by atoms with Gasteiger partial charge in [-0.3, -0.25) is 4.79 Å². The lowest BCUT2D eigenvalue weighted by molar-refractivity contribution is 0.0938. The lowest BCUT2D eigenvalue weighted by Gasteiger charge is -2.02. The second-order valence-corrected chi connectivity index (χ2v) is 3.99. The van der Waals surface area contributed by atoms with Gasteiger partial charge in [0.25, 0.3) is 5.91 Å². The molecule has 4 heteroatoms. The lowest BCUT2D eigenvalue weighted by atomic mass is 10.2. The van der Waals surface area contributed by atoms with Crippen LogP contribution in [-0.2, 0) is 0 Å². The van der Waals surface area contributed by atoms with Crippen molar-refractivity contribution in [2.45, 2.75) is 20.8 Å². The molecule has 0 radical (unpaired) electrons. The Morgan fingerprint density at radius 2 is 2.24 bits per heavy atom. The van der Waals surface area contributed by atoms with Crippen LogP contribution in [0.4, 0.5) is 0 Å². The molecule has 0 aliphatic rings. The fraction of sp³-hybridized carbons (Fsp3) is 0.231. The highest BCUT2D eigenvalue weighted by atomic mass is 16.3. The number of allylic oxidation sites excluding steroid dienone is 1. The van der Waals surface area contributed by atoms with Crippen molar-refractivity contribution in [2.24, 2.45) is 0 Å². The highest BCUT2D eigenvalue weighted by Gasteiger charge is 2.12. The molecule has 4 nitrogen and oxygen atoms in total. The zero-order valence-electron chi connectivity index (χ0n) is 10.1. The first kappa shape index (κ1) is 11.4. The zero-order valence-corrected chi connectivity index (χ0v) is 10.1. The van der Waals surface area contributed by atoms with Gasteiger partial charge in [-0.2, -0.15) is 5.10 Å². The highest BCUT2D eigenvalue weighted by Crippen LogP contribution is 2.11. The fourth-order valence-electron chi connectivity index (χ4n) is 1.65. The minimum absolute atomic E-state index is 0.132. The normalized spacial score (nSPS) is 11.8. The summed E-state index contributed by atoms with van der Waals surface area (Å²) in [5.74, 6) is 0.532. The van der Waals surface area contributed by atoms with Crippen LogP contribution in [0.2, 0.25) is 0 Å². The molecule has 0 N–H and O–H groups in total. The predicted octanol–water partition coefficient (Wildman–Crippen LogP) is 2.84. The van der Waals surface area contributed by atoms with Crippen LogP contribution in [0.25, 0.3) is 6.08 Å². The molecule has 0 aliphatic carbocycles. The molecule has 0 unspecified atom stereocenters. The maximum atomic E-state index is 12.1. The van der Waals surface area contributed by atoms with Gasteiger partial charge >= 0.3 is 0 Å². The molecule has 0 spiro atoms. The lowest BCUT2D eigenvalue weighted by Crippen LogP contribution is -2.14. The minimum Gasteiger partial charge on any atom is -0.465 e. The molecule has 0 aliphatic heterocycles. The third-order valence-electron chi connectivity index (χ3n) is 2.44. The molecule has 88 valence electrons. The Labute approximate surface area is 99.6 Å². The Morgan fingerprint density at radius 1 is 1.47 bits per heavy atom. The topological polar surface area (TPSA) is 48.0 Å². The van der Waals surface area contributed by atoms with Gasteiger partial charge in [-0.1, -0.05) is 0 Å². The third kappa shape index (κ3) is 2.36. The number of nitrogens with zero attached hydrogens (tertiary/aromatic N) is 2. The van der Waals surface area contributed by atoms with Gasteiger partial charge in [0, 0.05) is 11.3 Å². The van der Waals surface area contributed by atoms with E-state index in [0.717, 1.165) is 11.4 Å². The number of aromatic nitrogens is 2. The van der Waals surface area contributed by atoms with Crippen LogP contribution in [0.15, 0.2) is 34.5 Å². The molecule has 0 fully saturated rings. The molecule has 0 amide bonds. The summed E-state index contributed by atoms with van der Waals surface area (Å²) in [5, 5.41) is 4.16. The molecule has 0 saturated carbocycles. The molecule has 0 aromatic carbocycles. The number of furan rings is 1. The molecule has 2 aromatic heterocycles. The van der Waals surface area contributed by atoms with E-state index in [4.69, 9.17) is 4.42 Å². The van der Waals surface area contributed by atoms with Crippen molar-refractivity contribution in [2.75, 3.05) is 0 Å². The van der Waals surface area contributed by atoms with Crippen LogP contribution < -0.4 is 0 Å². The van der Waals surface area contributed by atoms with Crippen LogP contribution >= 0.6 is 0 Å². The number of carbonyl (C=O) groups excluding carboxylic acids is 1. The molecule has 2 rings (SSSR count). The molecule has 0 atom stereocenters.